The van der Waals surface area contributed by atoms with Crippen LogP contribution in [0.2, 0.25) is 0 Å². The zero-order valence-electron chi connectivity index (χ0n) is 42.4. The fourth-order valence-corrected chi connectivity index (χ4v) is 17.4. The molecule has 2 fully saturated rings. The maximum absolute atomic E-state index is 16.2. The second-order valence-corrected chi connectivity index (χ2v) is 26.2. The monoisotopic (exact) mass is 1170 g/mol. The van der Waals surface area contributed by atoms with E-state index in [0.717, 1.165) is 53.0 Å². The summed E-state index contributed by atoms with van der Waals surface area (Å²) >= 11 is 0. The van der Waals surface area contributed by atoms with Crippen molar-refractivity contribution >= 4 is 118 Å². The van der Waals surface area contributed by atoms with E-state index in [2.05, 4.69) is 10.6 Å². The molecule has 10 N–H and O–H groups in total. The first-order valence-electron chi connectivity index (χ1n) is 24.2. The number of carbonyl (C=O) groups excluding carboxylic acids is 6. The van der Waals surface area contributed by atoms with Gasteiger partial charge < -0.3 is 47.4 Å². The Labute approximate surface area is 464 Å². The van der Waals surface area contributed by atoms with Crippen LogP contribution in [0.1, 0.15) is 75.0 Å². The van der Waals surface area contributed by atoms with Crippen molar-refractivity contribution in [2.75, 3.05) is 29.4 Å². The van der Waals surface area contributed by atoms with Gasteiger partial charge in [0, 0.05) is 50.7 Å². The summed E-state index contributed by atoms with van der Waals surface area (Å²) in [6, 6.07) is 17.2. The van der Waals surface area contributed by atoms with Crippen molar-refractivity contribution in [2.24, 2.45) is 17.4 Å². The van der Waals surface area contributed by atoms with Crippen LogP contribution < -0.4 is 26.4 Å². The number of Topliss-reactive ketones (excluding diaryl/α,β-unsaturated/α-hetero) is 2. The predicted octanol–water partition coefficient (Wildman–Crippen LogP) is 2.77. The molecule has 0 aromatic heterocycles. The molecule has 8 atom stereocenters. The number of benzene rings is 3. The number of para-hydroxylation sites is 1. The third-order valence-electron chi connectivity index (χ3n) is 13.7. The first-order valence-corrected chi connectivity index (χ1v) is 30.3. The summed E-state index contributed by atoms with van der Waals surface area (Å²) in [6.07, 6.45) is -4.71. The number of aliphatic carboxylic acids is 4. The fraction of sp³-hybridized carbons (Fsp3) is 0.440. The van der Waals surface area contributed by atoms with Gasteiger partial charge in [0.05, 0.1) is 34.4 Å². The standard InChI is InChI=1S/C50H59N7O16S5/c1-28-13-15-30(16-14-28)49-27-50(77-74-25-29(42(65)53-24-41(63)64)23-31(58)17-18-34(51)43(66)67)47(71)55(3)48(2,76-75-26-36(38(59)20-22-40(61)62)54-39(60)21-19-35(52)44(68)69)46(70)56(50)45(49)57(37-12-8-7-11-33(37)49)78(72,73)32-9-5-4-6-10-32/h4-16,29,34-36,45H,17-27,51-52H2,1-3H3,(H,53,65)(H,54,60)(H,61,62)(H,63,64)(H,66,67)(H,68,69)/t29-,34-,35-,36-,45-,48-,49-,50-/m0/s1. The highest BCUT2D eigenvalue weighted by molar-refractivity contribution is 8.77. The normalized spacial score (nSPS) is 22.1. The molecule has 420 valence electrons. The molecule has 0 aliphatic carbocycles. The quantitative estimate of drug-likeness (QED) is 0.0463. The Morgan fingerprint density at radius 3 is 1.97 bits per heavy atom. The lowest BCUT2D eigenvalue weighted by Crippen LogP contribution is -2.73. The molecular formula is C50H59N7O16S5. The second kappa shape index (κ2) is 25.3. The number of anilines is 1. The summed E-state index contributed by atoms with van der Waals surface area (Å²) in [6.45, 7) is 2.46. The SMILES string of the molecule is Cc1ccc([C@]23C[C@]4(SSC[C@H](CC(=O)CC[C@H](N)C(=O)O)C(=O)NCC(=O)O)C(=O)N(C)[C@@](C)(SSC[C@H](NC(=O)CC[C@H](N)C(=O)O)C(=O)CCC(=O)O)C(=O)N4[C@H]2N(S(=O)(=O)c2ccccc2)c2ccccc23)cc1. The number of nitrogens with two attached hydrogens (primary N) is 2. The van der Waals surface area contributed by atoms with Gasteiger partial charge >= 0.3 is 23.9 Å². The number of hydrogen-bond donors (Lipinski definition) is 8. The van der Waals surface area contributed by atoms with Crippen LogP contribution in [0.5, 0.6) is 0 Å². The summed E-state index contributed by atoms with van der Waals surface area (Å²) in [5.41, 5.74) is 11.7. The predicted molar refractivity (Wildman–Crippen MR) is 291 cm³/mol. The number of carboxylic acid groups (broad SMARTS) is 4. The van der Waals surface area contributed by atoms with Gasteiger partial charge in [-0.1, -0.05) is 109 Å². The van der Waals surface area contributed by atoms with Gasteiger partial charge in [-0.2, -0.15) is 0 Å². The number of nitrogens with one attached hydrogen (secondary N) is 2. The molecule has 2 saturated heterocycles. The van der Waals surface area contributed by atoms with E-state index in [1.807, 2.05) is 19.1 Å². The number of nitrogens with zero attached hydrogens (tertiary/aromatic N) is 3. The molecule has 6 rings (SSSR count). The molecule has 0 saturated carbocycles. The van der Waals surface area contributed by atoms with Gasteiger partial charge in [0.25, 0.3) is 21.8 Å². The number of hydrogen-bond acceptors (Lipinski definition) is 18. The molecule has 23 nitrogen and oxygen atoms in total. The zero-order chi connectivity index (χ0) is 57.5. The summed E-state index contributed by atoms with van der Waals surface area (Å²) in [7, 11) is 0.134. The largest absolute Gasteiger partial charge is 0.481 e. The summed E-state index contributed by atoms with van der Waals surface area (Å²) < 4.78 is 32.1. The van der Waals surface area contributed by atoms with Gasteiger partial charge in [0.1, 0.15) is 30.6 Å². The number of sulfonamides is 1. The number of amides is 4. The number of carbonyl (C=O) groups is 10. The van der Waals surface area contributed by atoms with E-state index in [-0.39, 0.29) is 47.8 Å². The molecule has 4 amide bonds. The lowest BCUT2D eigenvalue weighted by Gasteiger charge is -2.53. The highest BCUT2D eigenvalue weighted by Gasteiger charge is 2.77. The summed E-state index contributed by atoms with van der Waals surface area (Å²) in [5.74, 6) is -11.7. The summed E-state index contributed by atoms with van der Waals surface area (Å²) in [4.78, 5) is 130. The average Bonchev–Trinajstić information content (AvgIpc) is 3.38. The highest BCUT2D eigenvalue weighted by Crippen LogP contribution is 2.67. The molecule has 0 radical (unpaired) electrons. The number of likely N-dealkylation sites (N-methyl/N-ethyl adjacent to an activating group) is 1. The van der Waals surface area contributed by atoms with Crippen LogP contribution in [0.3, 0.4) is 0 Å². The molecule has 28 heteroatoms. The van der Waals surface area contributed by atoms with Crippen molar-refractivity contribution in [3.05, 3.63) is 95.6 Å². The average molecular weight is 1170 g/mol. The molecule has 0 unspecified atom stereocenters. The van der Waals surface area contributed by atoms with Crippen LogP contribution >= 0.6 is 43.2 Å². The van der Waals surface area contributed by atoms with Crippen LogP contribution in [-0.2, 0) is 63.4 Å². The Morgan fingerprint density at radius 1 is 0.756 bits per heavy atom. The third kappa shape index (κ3) is 12.8. The number of rotatable bonds is 29. The van der Waals surface area contributed by atoms with Gasteiger partial charge in [-0.05, 0) is 56.0 Å². The van der Waals surface area contributed by atoms with Crippen LogP contribution in [-0.4, -0.2) is 157 Å². The van der Waals surface area contributed by atoms with Crippen molar-refractivity contribution in [1.82, 2.24) is 20.4 Å². The number of aryl methyl sites for hydroxylation is 1. The van der Waals surface area contributed by atoms with E-state index in [0.29, 0.717) is 11.1 Å². The highest BCUT2D eigenvalue weighted by atomic mass is 33.1. The molecule has 0 spiro atoms. The van der Waals surface area contributed by atoms with E-state index < -0.39 is 147 Å². The van der Waals surface area contributed by atoms with E-state index >= 15 is 18.0 Å². The third-order valence-corrected chi connectivity index (χ3v) is 21.7. The second-order valence-electron chi connectivity index (χ2n) is 19.1. The summed E-state index contributed by atoms with van der Waals surface area (Å²) in [5, 5.41) is 42.1. The first kappa shape index (κ1) is 61.0. The Morgan fingerprint density at radius 2 is 1.36 bits per heavy atom. The molecule has 3 aliphatic heterocycles. The molecule has 3 aliphatic rings. The minimum Gasteiger partial charge on any atom is -0.481 e. The number of carboxylic acids is 4. The van der Waals surface area contributed by atoms with E-state index in [1.165, 1.54) is 48.0 Å². The van der Waals surface area contributed by atoms with Crippen LogP contribution in [0.15, 0.2) is 83.8 Å². The van der Waals surface area contributed by atoms with Crippen LogP contribution in [0, 0.1) is 12.8 Å². The van der Waals surface area contributed by atoms with Crippen molar-refractivity contribution < 1.29 is 76.8 Å². The maximum Gasteiger partial charge on any atom is 0.322 e. The van der Waals surface area contributed by atoms with Gasteiger partial charge in [0.2, 0.25) is 11.8 Å². The Kier molecular flexibility index (Phi) is 19.8. The minimum absolute atomic E-state index is 0.144. The lowest BCUT2D eigenvalue weighted by atomic mass is 9.72. The van der Waals surface area contributed by atoms with Gasteiger partial charge in [0.15, 0.2) is 15.5 Å². The smallest absolute Gasteiger partial charge is 0.322 e. The number of fused-ring (bicyclic) bond motifs is 5. The number of piperazine rings is 1. The van der Waals surface area contributed by atoms with Gasteiger partial charge in [-0.3, -0.25) is 52.8 Å². The molecule has 3 heterocycles. The fourth-order valence-electron chi connectivity index (χ4n) is 9.46. The molecular weight excluding hydrogens is 1110 g/mol. The molecule has 0 bridgehead atoms. The first-order chi connectivity index (χ1) is 36.7. The maximum atomic E-state index is 16.2. The Balaban J connectivity index is 1.47. The topological polar surface area (TPSA) is 372 Å². The van der Waals surface area contributed by atoms with E-state index in [1.54, 1.807) is 42.5 Å². The Bertz CT molecular complexity index is 2960. The van der Waals surface area contributed by atoms with E-state index in [9.17, 15) is 58.8 Å². The molecule has 3 aromatic rings. The van der Waals surface area contributed by atoms with Crippen molar-refractivity contribution in [3.8, 4) is 0 Å². The van der Waals surface area contributed by atoms with Gasteiger partial charge in [-0.25, -0.2) is 12.7 Å². The van der Waals surface area contributed by atoms with Crippen LogP contribution in [0.25, 0.3) is 0 Å². The molecule has 3 aromatic carbocycles. The van der Waals surface area contributed by atoms with Crippen LogP contribution in [0.4, 0.5) is 5.69 Å². The van der Waals surface area contributed by atoms with Crippen molar-refractivity contribution in [3.63, 3.8) is 0 Å². The lowest BCUT2D eigenvalue weighted by molar-refractivity contribution is -0.163. The Hall–Kier alpha value is -6.17. The van der Waals surface area contributed by atoms with E-state index in [4.69, 9.17) is 11.5 Å². The van der Waals surface area contributed by atoms with Gasteiger partial charge in [-0.15, -0.1) is 0 Å². The molecule has 78 heavy (non-hydrogen) atoms. The zero-order valence-corrected chi connectivity index (χ0v) is 46.5. The minimum atomic E-state index is -4.65. The number of ketones is 2. The van der Waals surface area contributed by atoms with Crippen molar-refractivity contribution in [2.45, 2.75) is 110 Å². The van der Waals surface area contributed by atoms with Crippen molar-refractivity contribution in [1.29, 1.82) is 0 Å².